The zero-order valence-corrected chi connectivity index (χ0v) is 18.8. The molecule has 1 N–H and O–H groups in total. The Labute approximate surface area is 196 Å². The quantitative estimate of drug-likeness (QED) is 0.361. The van der Waals surface area contributed by atoms with Crippen LogP contribution in [-0.4, -0.2) is 19.0 Å². The van der Waals surface area contributed by atoms with Crippen LogP contribution in [0.1, 0.15) is 29.6 Å². The summed E-state index contributed by atoms with van der Waals surface area (Å²) in [5.74, 6) is -0.262. The second kappa shape index (κ2) is 9.12. The van der Waals surface area contributed by atoms with Crippen molar-refractivity contribution in [1.29, 1.82) is 0 Å². The topological polar surface area (TPSA) is 62.6 Å². The van der Waals surface area contributed by atoms with Crippen LogP contribution < -0.4 is 15.8 Å². The van der Waals surface area contributed by atoms with Crippen LogP contribution in [0.15, 0.2) is 82.0 Å². The Hall–Kier alpha value is -3.57. The van der Waals surface area contributed by atoms with Crippen molar-refractivity contribution in [2.24, 2.45) is 0 Å². The highest BCUT2D eigenvalue weighted by molar-refractivity contribution is 6.34. The molecule has 1 fully saturated rings. The number of para-hydroxylation sites is 2. The van der Waals surface area contributed by atoms with Gasteiger partial charge in [-0.3, -0.25) is 4.79 Å². The summed E-state index contributed by atoms with van der Waals surface area (Å²) in [4.78, 5) is 28.0. The van der Waals surface area contributed by atoms with Crippen molar-refractivity contribution in [2.45, 2.75) is 19.3 Å². The van der Waals surface area contributed by atoms with Gasteiger partial charge < -0.3 is 14.6 Å². The molecule has 166 valence electrons. The minimum Gasteiger partial charge on any atom is -0.422 e. The monoisotopic (exact) mass is 458 g/mol. The van der Waals surface area contributed by atoms with Gasteiger partial charge in [0.25, 0.3) is 5.91 Å². The number of piperidine rings is 1. The molecule has 1 aliphatic heterocycles. The number of hydrogen-bond acceptors (Lipinski definition) is 4. The van der Waals surface area contributed by atoms with Gasteiger partial charge in [0.05, 0.1) is 22.0 Å². The second-order valence-corrected chi connectivity index (χ2v) is 8.61. The smallest absolute Gasteiger partial charge is 0.344 e. The van der Waals surface area contributed by atoms with Crippen LogP contribution in [0.3, 0.4) is 0 Å². The van der Waals surface area contributed by atoms with Gasteiger partial charge in [0.1, 0.15) is 5.58 Å². The van der Waals surface area contributed by atoms with Gasteiger partial charge >= 0.3 is 5.63 Å². The Morgan fingerprint density at radius 3 is 2.55 bits per heavy atom. The lowest BCUT2D eigenvalue weighted by atomic mass is 10.0. The number of fused-ring (bicyclic) bond motifs is 1. The summed E-state index contributed by atoms with van der Waals surface area (Å²) in [5.41, 5.74) is 3.14. The third kappa shape index (κ3) is 4.37. The molecular formula is C27H23ClN2O3. The predicted molar refractivity (Wildman–Crippen MR) is 133 cm³/mol. The van der Waals surface area contributed by atoms with Crippen molar-refractivity contribution in [1.82, 2.24) is 0 Å². The fourth-order valence-corrected chi connectivity index (χ4v) is 4.63. The van der Waals surface area contributed by atoms with Crippen LogP contribution in [0, 0.1) is 0 Å². The first-order valence-corrected chi connectivity index (χ1v) is 11.5. The van der Waals surface area contributed by atoms with Crippen LogP contribution in [0.4, 0.5) is 11.4 Å². The minimum atomic E-state index is -0.437. The highest BCUT2D eigenvalue weighted by atomic mass is 35.5. The normalized spacial score (nSPS) is 13.8. The van der Waals surface area contributed by atoms with Gasteiger partial charge in [0.15, 0.2) is 0 Å². The van der Waals surface area contributed by atoms with E-state index in [1.54, 1.807) is 36.4 Å². The number of carbonyl (C=O) groups is 1. The Kier molecular flexibility index (Phi) is 5.88. The van der Waals surface area contributed by atoms with Gasteiger partial charge in [-0.25, -0.2) is 4.79 Å². The molecule has 1 aromatic heterocycles. The van der Waals surface area contributed by atoms with E-state index in [-0.39, 0.29) is 5.91 Å². The number of rotatable bonds is 4. The molecule has 1 amide bonds. The molecule has 0 spiro atoms. The molecule has 1 aliphatic rings. The summed E-state index contributed by atoms with van der Waals surface area (Å²) >= 11 is 6.52. The van der Waals surface area contributed by atoms with Crippen LogP contribution in [0.2, 0.25) is 5.02 Å². The standard InChI is InChI=1S/C27H23ClN2O3/c28-22-11-7-12-23(25(22)30-14-4-1-5-15-30)29-26(31)20-10-6-9-18(16-20)21-17-19-8-2-3-13-24(19)33-27(21)32/h2-3,6-13,16-17H,1,4-5,14-15H2,(H,29,31). The molecule has 2 heterocycles. The van der Waals surface area contributed by atoms with Crippen molar-refractivity contribution in [2.75, 3.05) is 23.3 Å². The summed E-state index contributed by atoms with van der Waals surface area (Å²) in [5, 5.41) is 4.47. The molecule has 3 aromatic carbocycles. The molecule has 0 saturated carbocycles. The fraction of sp³-hybridized carbons (Fsp3) is 0.185. The molecule has 1 saturated heterocycles. The summed E-state index contributed by atoms with van der Waals surface area (Å²) in [6, 6.07) is 21.7. The van der Waals surface area contributed by atoms with Gasteiger partial charge in [0.2, 0.25) is 0 Å². The zero-order valence-electron chi connectivity index (χ0n) is 18.0. The summed E-state index contributed by atoms with van der Waals surface area (Å²) < 4.78 is 5.46. The lowest BCUT2D eigenvalue weighted by Gasteiger charge is -2.31. The SMILES string of the molecule is O=C(Nc1cccc(Cl)c1N1CCCCC1)c1cccc(-c2cc3ccccc3oc2=O)c1. The molecule has 6 heteroatoms. The number of nitrogens with one attached hydrogen (secondary N) is 1. The first-order chi connectivity index (χ1) is 16.1. The van der Waals surface area contributed by atoms with Crippen LogP contribution in [-0.2, 0) is 0 Å². The van der Waals surface area contributed by atoms with Gasteiger partial charge in [-0.1, -0.05) is 48.0 Å². The maximum absolute atomic E-state index is 13.2. The molecule has 0 atom stereocenters. The van der Waals surface area contributed by atoms with Gasteiger partial charge in [-0.05, 0) is 61.2 Å². The van der Waals surface area contributed by atoms with Crippen molar-refractivity contribution >= 4 is 39.9 Å². The lowest BCUT2D eigenvalue weighted by Crippen LogP contribution is -2.30. The number of benzene rings is 3. The van der Waals surface area contributed by atoms with E-state index in [2.05, 4.69) is 10.2 Å². The first-order valence-electron chi connectivity index (χ1n) is 11.1. The van der Waals surface area contributed by atoms with Crippen molar-refractivity contribution in [3.8, 4) is 11.1 Å². The molecule has 5 rings (SSSR count). The van der Waals surface area contributed by atoms with Gasteiger partial charge in [-0.2, -0.15) is 0 Å². The molecule has 0 bridgehead atoms. The zero-order chi connectivity index (χ0) is 22.8. The van der Waals surface area contributed by atoms with E-state index in [1.807, 2.05) is 36.4 Å². The maximum Gasteiger partial charge on any atom is 0.344 e. The van der Waals surface area contributed by atoms with E-state index >= 15 is 0 Å². The average molecular weight is 459 g/mol. The third-order valence-corrected chi connectivity index (χ3v) is 6.29. The molecule has 5 nitrogen and oxygen atoms in total. The molecule has 0 unspecified atom stereocenters. The number of nitrogens with zero attached hydrogens (tertiary/aromatic N) is 1. The average Bonchev–Trinajstić information content (AvgIpc) is 2.84. The maximum atomic E-state index is 13.2. The van der Waals surface area contributed by atoms with E-state index in [9.17, 15) is 9.59 Å². The van der Waals surface area contributed by atoms with Crippen LogP contribution in [0.5, 0.6) is 0 Å². The van der Waals surface area contributed by atoms with Crippen LogP contribution in [0.25, 0.3) is 22.1 Å². The van der Waals surface area contributed by atoms with Gasteiger partial charge in [-0.15, -0.1) is 0 Å². The Bertz CT molecular complexity index is 1390. The molecule has 33 heavy (non-hydrogen) atoms. The third-order valence-electron chi connectivity index (χ3n) is 5.98. The number of carbonyl (C=O) groups excluding carboxylic acids is 1. The summed E-state index contributed by atoms with van der Waals surface area (Å²) in [7, 11) is 0. The summed E-state index contributed by atoms with van der Waals surface area (Å²) in [6.45, 7) is 1.83. The highest BCUT2D eigenvalue weighted by Crippen LogP contribution is 2.36. The highest BCUT2D eigenvalue weighted by Gasteiger charge is 2.19. The van der Waals surface area contributed by atoms with Crippen molar-refractivity contribution in [3.63, 3.8) is 0 Å². The lowest BCUT2D eigenvalue weighted by molar-refractivity contribution is 0.102. The van der Waals surface area contributed by atoms with E-state index in [4.69, 9.17) is 16.0 Å². The first kappa shape index (κ1) is 21.3. The number of halogens is 1. The largest absolute Gasteiger partial charge is 0.422 e. The van der Waals surface area contributed by atoms with E-state index in [0.717, 1.165) is 37.0 Å². The Morgan fingerprint density at radius 2 is 1.70 bits per heavy atom. The second-order valence-electron chi connectivity index (χ2n) is 8.20. The van der Waals surface area contributed by atoms with E-state index in [0.29, 0.717) is 33.0 Å². The Balaban J connectivity index is 1.46. The van der Waals surface area contributed by atoms with Crippen molar-refractivity contribution in [3.05, 3.63) is 93.8 Å². The molecule has 0 radical (unpaired) electrons. The minimum absolute atomic E-state index is 0.262. The van der Waals surface area contributed by atoms with Gasteiger partial charge in [0, 0.05) is 24.0 Å². The van der Waals surface area contributed by atoms with E-state index in [1.165, 1.54) is 6.42 Å². The molecular weight excluding hydrogens is 436 g/mol. The van der Waals surface area contributed by atoms with Crippen molar-refractivity contribution < 1.29 is 9.21 Å². The Morgan fingerprint density at radius 1 is 0.909 bits per heavy atom. The summed E-state index contributed by atoms with van der Waals surface area (Å²) in [6.07, 6.45) is 3.42. The number of hydrogen-bond donors (Lipinski definition) is 1. The number of anilines is 2. The molecule has 4 aromatic rings. The van der Waals surface area contributed by atoms with Crippen LogP contribution >= 0.6 is 11.6 Å². The predicted octanol–water partition coefficient (Wildman–Crippen LogP) is 6.36. The number of amides is 1. The molecule has 0 aliphatic carbocycles. The fourth-order valence-electron chi connectivity index (χ4n) is 4.34. The van der Waals surface area contributed by atoms with E-state index < -0.39 is 5.63 Å².